The Balaban J connectivity index is 2.17. The number of carbonyl (C=O) groups is 2. The minimum Gasteiger partial charge on any atom is -0.480 e. The second-order valence-electron chi connectivity index (χ2n) is 6.12. The highest BCUT2D eigenvalue weighted by Gasteiger charge is 2.37. The quantitative estimate of drug-likeness (QED) is 0.857. The number of nitrogens with zero attached hydrogens (tertiary/aromatic N) is 2. The van der Waals surface area contributed by atoms with Gasteiger partial charge in [-0.3, -0.25) is 9.48 Å². The Morgan fingerprint density at radius 2 is 2.00 bits per heavy atom. The van der Waals surface area contributed by atoms with Crippen LogP contribution in [-0.2, 0) is 11.8 Å². The summed E-state index contributed by atoms with van der Waals surface area (Å²) in [6, 6.07) is -2.02. The summed E-state index contributed by atoms with van der Waals surface area (Å²) < 4.78 is 38.8. The summed E-state index contributed by atoms with van der Waals surface area (Å²) in [5.41, 5.74) is 0.684. The molecule has 1 aromatic heterocycles. The molecule has 1 unspecified atom stereocenters. The average molecular weight is 347 g/mol. The van der Waals surface area contributed by atoms with Crippen molar-refractivity contribution in [1.29, 1.82) is 0 Å². The molecule has 1 amide bonds. The minimum atomic E-state index is -4.68. The van der Waals surface area contributed by atoms with Crippen molar-refractivity contribution in [3.8, 4) is 0 Å². The van der Waals surface area contributed by atoms with E-state index in [1.54, 1.807) is 7.05 Å². The average Bonchev–Trinajstić information content (AvgIpc) is 2.88. The molecular formula is C15H20F3N3O3. The standard InChI is InChI=1S/C15H20F3N3O3/c1-21-8-10(12(20-21)9-5-3-2-4-6-9)13(22)19-11(14(23)24)7-15(16,17)18/h8-9,11H,2-7H2,1H3,(H,19,22)(H,23,24). The zero-order valence-electron chi connectivity index (χ0n) is 13.3. The zero-order valence-corrected chi connectivity index (χ0v) is 13.3. The molecule has 6 nitrogen and oxygen atoms in total. The maximum Gasteiger partial charge on any atom is 0.391 e. The monoisotopic (exact) mass is 347 g/mol. The molecule has 134 valence electrons. The van der Waals surface area contributed by atoms with Gasteiger partial charge in [-0.1, -0.05) is 19.3 Å². The van der Waals surface area contributed by atoms with E-state index in [9.17, 15) is 22.8 Å². The van der Waals surface area contributed by atoms with Crippen LogP contribution in [0.25, 0.3) is 0 Å². The van der Waals surface area contributed by atoms with Crippen molar-refractivity contribution < 1.29 is 27.9 Å². The van der Waals surface area contributed by atoms with Crippen molar-refractivity contribution in [1.82, 2.24) is 15.1 Å². The molecule has 1 aromatic rings. The second kappa shape index (κ2) is 7.23. The van der Waals surface area contributed by atoms with Gasteiger partial charge in [-0.15, -0.1) is 0 Å². The predicted octanol–water partition coefficient (Wildman–Crippen LogP) is 2.60. The highest BCUT2D eigenvalue weighted by molar-refractivity contribution is 5.97. The lowest BCUT2D eigenvalue weighted by atomic mass is 9.85. The van der Waals surface area contributed by atoms with E-state index in [1.807, 2.05) is 5.32 Å². The molecule has 0 radical (unpaired) electrons. The summed E-state index contributed by atoms with van der Waals surface area (Å²) in [6.07, 6.45) is -0.0272. The lowest BCUT2D eigenvalue weighted by Crippen LogP contribution is -2.43. The number of aliphatic carboxylic acids is 1. The van der Waals surface area contributed by atoms with Gasteiger partial charge in [-0.05, 0) is 12.8 Å². The molecule has 1 aliphatic rings. The molecule has 0 aromatic carbocycles. The number of hydrogen-bond acceptors (Lipinski definition) is 3. The van der Waals surface area contributed by atoms with Gasteiger partial charge in [0.05, 0.1) is 17.7 Å². The molecule has 1 saturated carbocycles. The van der Waals surface area contributed by atoms with Crippen LogP contribution in [0.5, 0.6) is 0 Å². The maximum absolute atomic E-state index is 12.5. The Labute approximate surface area is 137 Å². The SMILES string of the molecule is Cn1cc(C(=O)NC(CC(F)(F)F)C(=O)O)c(C2CCCCC2)n1. The summed E-state index contributed by atoms with van der Waals surface area (Å²) >= 11 is 0. The number of amides is 1. The fourth-order valence-electron chi connectivity index (χ4n) is 3.03. The lowest BCUT2D eigenvalue weighted by Gasteiger charge is -2.21. The molecule has 0 spiro atoms. The van der Waals surface area contributed by atoms with E-state index in [1.165, 1.54) is 10.9 Å². The number of nitrogens with one attached hydrogen (secondary N) is 1. The molecule has 0 saturated heterocycles. The highest BCUT2D eigenvalue weighted by Crippen LogP contribution is 2.33. The molecule has 1 heterocycles. The van der Waals surface area contributed by atoms with Crippen LogP contribution >= 0.6 is 0 Å². The first-order valence-electron chi connectivity index (χ1n) is 7.81. The van der Waals surface area contributed by atoms with Gasteiger partial charge in [0.15, 0.2) is 0 Å². The fourth-order valence-corrected chi connectivity index (χ4v) is 3.03. The second-order valence-corrected chi connectivity index (χ2v) is 6.12. The van der Waals surface area contributed by atoms with Gasteiger partial charge in [-0.2, -0.15) is 18.3 Å². The molecule has 1 fully saturated rings. The van der Waals surface area contributed by atoms with Crippen LogP contribution < -0.4 is 5.32 Å². The molecule has 2 N–H and O–H groups in total. The summed E-state index contributed by atoms with van der Waals surface area (Å²) in [6.45, 7) is 0. The molecule has 1 aliphatic carbocycles. The number of hydrogen-bond donors (Lipinski definition) is 2. The van der Waals surface area contributed by atoms with Gasteiger partial charge >= 0.3 is 12.1 Å². The number of carboxylic acids is 1. The van der Waals surface area contributed by atoms with Crippen LogP contribution in [0.2, 0.25) is 0 Å². The van der Waals surface area contributed by atoms with Crippen LogP contribution in [0, 0.1) is 0 Å². The van der Waals surface area contributed by atoms with Crippen LogP contribution in [0.3, 0.4) is 0 Å². The third-order valence-electron chi connectivity index (χ3n) is 4.13. The third-order valence-corrected chi connectivity index (χ3v) is 4.13. The van der Waals surface area contributed by atoms with E-state index in [0.717, 1.165) is 32.1 Å². The Kier molecular flexibility index (Phi) is 5.51. The van der Waals surface area contributed by atoms with Crippen molar-refractivity contribution in [3.05, 3.63) is 17.5 Å². The molecule has 2 rings (SSSR count). The zero-order chi connectivity index (χ0) is 17.9. The van der Waals surface area contributed by atoms with E-state index in [0.29, 0.717) is 5.69 Å². The van der Waals surface area contributed by atoms with Gasteiger partial charge < -0.3 is 10.4 Å². The number of rotatable bonds is 5. The normalized spacial score (nSPS) is 17.5. The van der Waals surface area contributed by atoms with E-state index >= 15 is 0 Å². The third kappa shape index (κ3) is 4.72. The first-order chi connectivity index (χ1) is 11.2. The largest absolute Gasteiger partial charge is 0.480 e. The number of aryl methyl sites for hydroxylation is 1. The molecule has 0 aliphatic heterocycles. The Morgan fingerprint density at radius 1 is 1.38 bits per heavy atom. The van der Waals surface area contributed by atoms with Gasteiger partial charge in [0.25, 0.3) is 5.91 Å². The first kappa shape index (κ1) is 18.3. The van der Waals surface area contributed by atoms with Gasteiger partial charge in [-0.25, -0.2) is 4.79 Å². The molecular weight excluding hydrogens is 327 g/mol. The topological polar surface area (TPSA) is 84.2 Å². The Bertz CT molecular complexity index is 607. The highest BCUT2D eigenvalue weighted by atomic mass is 19.4. The summed E-state index contributed by atoms with van der Waals surface area (Å²) in [7, 11) is 1.62. The van der Waals surface area contributed by atoms with Crippen molar-refractivity contribution >= 4 is 11.9 Å². The van der Waals surface area contributed by atoms with Gasteiger partial charge in [0.2, 0.25) is 0 Å². The number of carboxylic acid groups (broad SMARTS) is 1. The maximum atomic E-state index is 12.5. The van der Waals surface area contributed by atoms with Crippen LogP contribution in [0.1, 0.15) is 60.5 Å². The van der Waals surface area contributed by atoms with Gasteiger partial charge in [0.1, 0.15) is 6.04 Å². The predicted molar refractivity (Wildman–Crippen MR) is 78.6 cm³/mol. The fraction of sp³-hybridized carbons (Fsp3) is 0.667. The summed E-state index contributed by atoms with van der Waals surface area (Å²) in [5, 5.41) is 15.2. The van der Waals surface area contributed by atoms with Crippen molar-refractivity contribution in [2.75, 3.05) is 0 Å². The number of halogens is 3. The molecule has 9 heteroatoms. The lowest BCUT2D eigenvalue weighted by molar-refractivity contribution is -0.157. The van der Waals surface area contributed by atoms with Crippen LogP contribution in [0.15, 0.2) is 6.20 Å². The first-order valence-corrected chi connectivity index (χ1v) is 7.81. The van der Waals surface area contributed by atoms with Crippen LogP contribution in [-0.4, -0.2) is 39.0 Å². The minimum absolute atomic E-state index is 0.0756. The van der Waals surface area contributed by atoms with Crippen molar-refractivity contribution in [3.63, 3.8) is 0 Å². The van der Waals surface area contributed by atoms with Crippen molar-refractivity contribution in [2.45, 2.75) is 56.7 Å². The van der Waals surface area contributed by atoms with E-state index < -0.39 is 30.5 Å². The molecule has 0 bridgehead atoms. The molecule has 1 atom stereocenters. The van der Waals surface area contributed by atoms with E-state index in [4.69, 9.17) is 5.11 Å². The summed E-state index contributed by atoms with van der Waals surface area (Å²) in [5.74, 6) is -2.48. The summed E-state index contributed by atoms with van der Waals surface area (Å²) in [4.78, 5) is 23.3. The van der Waals surface area contributed by atoms with Gasteiger partial charge in [0, 0.05) is 19.2 Å². The van der Waals surface area contributed by atoms with E-state index in [-0.39, 0.29) is 11.5 Å². The van der Waals surface area contributed by atoms with E-state index in [2.05, 4.69) is 5.10 Å². The van der Waals surface area contributed by atoms with Crippen LogP contribution in [0.4, 0.5) is 13.2 Å². The smallest absolute Gasteiger partial charge is 0.391 e. The number of aromatic nitrogens is 2. The number of alkyl halides is 3. The van der Waals surface area contributed by atoms with Crippen molar-refractivity contribution in [2.24, 2.45) is 7.05 Å². The number of carbonyl (C=O) groups excluding carboxylic acids is 1. The Hall–Kier alpha value is -2.06. The Morgan fingerprint density at radius 3 is 2.54 bits per heavy atom. The molecule has 24 heavy (non-hydrogen) atoms.